The third-order valence-corrected chi connectivity index (χ3v) is 4.51. The minimum atomic E-state index is -0.558. The van der Waals surface area contributed by atoms with Crippen LogP contribution in [0.1, 0.15) is 21.1 Å². The molecule has 0 aliphatic carbocycles. The van der Waals surface area contributed by atoms with E-state index in [0.29, 0.717) is 23.8 Å². The summed E-state index contributed by atoms with van der Waals surface area (Å²) in [5, 5.41) is 20.6. The van der Waals surface area contributed by atoms with Gasteiger partial charge in [0.25, 0.3) is 5.91 Å². The first-order valence-electron chi connectivity index (χ1n) is 7.35. The van der Waals surface area contributed by atoms with E-state index < -0.39 is 10.8 Å². The number of ether oxygens (including phenoxy) is 2. The second-order valence-corrected chi connectivity index (χ2v) is 6.28. The third-order valence-electron chi connectivity index (χ3n) is 3.48. The molecule has 0 saturated heterocycles. The smallest absolute Gasteiger partial charge is 0.324 e. The van der Waals surface area contributed by atoms with Crippen molar-refractivity contribution in [2.45, 2.75) is 6.42 Å². The number of carbonyl (C=O) groups is 1. The first kappa shape index (κ1) is 16.0. The Hall–Kier alpha value is -3.47. The van der Waals surface area contributed by atoms with Crippen LogP contribution in [0.2, 0.25) is 0 Å². The van der Waals surface area contributed by atoms with Gasteiger partial charge in [0.05, 0.1) is 16.2 Å². The van der Waals surface area contributed by atoms with Gasteiger partial charge in [-0.2, -0.15) is 0 Å². The van der Waals surface area contributed by atoms with Gasteiger partial charge in [0.2, 0.25) is 12.7 Å². The van der Waals surface area contributed by atoms with Crippen molar-refractivity contribution < 1.29 is 23.6 Å². The molecule has 0 unspecified atom stereocenters. The summed E-state index contributed by atoms with van der Waals surface area (Å²) in [6.45, 7) is 0.191. The van der Waals surface area contributed by atoms with Gasteiger partial charge in [-0.1, -0.05) is 22.5 Å². The summed E-state index contributed by atoms with van der Waals surface area (Å²) in [5.74, 6) is 1.07. The Morgan fingerprint density at radius 1 is 1.23 bits per heavy atom. The molecule has 1 aliphatic heterocycles. The molecule has 26 heavy (non-hydrogen) atoms. The second kappa shape index (κ2) is 6.44. The van der Waals surface area contributed by atoms with Gasteiger partial charge in [-0.25, -0.2) is 0 Å². The summed E-state index contributed by atoms with van der Waals surface area (Å²) in [4.78, 5) is 22.3. The number of rotatable bonds is 5. The molecular formula is C15H10N4O6S. The van der Waals surface area contributed by atoms with Crippen LogP contribution in [-0.2, 0) is 6.42 Å². The zero-order valence-corrected chi connectivity index (χ0v) is 13.8. The third kappa shape index (κ3) is 3.19. The van der Waals surface area contributed by atoms with Crippen molar-refractivity contribution in [3.8, 4) is 11.5 Å². The molecule has 0 spiro atoms. The summed E-state index contributed by atoms with van der Waals surface area (Å²) in [6, 6.07) is 8.00. The maximum atomic E-state index is 12.1. The van der Waals surface area contributed by atoms with Crippen LogP contribution in [0.5, 0.6) is 11.5 Å². The van der Waals surface area contributed by atoms with Crippen molar-refractivity contribution in [3.63, 3.8) is 0 Å². The molecule has 0 bridgehead atoms. The number of anilines is 1. The molecule has 4 rings (SSSR count). The van der Waals surface area contributed by atoms with Crippen LogP contribution in [0.3, 0.4) is 0 Å². The van der Waals surface area contributed by atoms with Crippen LogP contribution >= 0.6 is 11.3 Å². The maximum absolute atomic E-state index is 12.1. The quantitative estimate of drug-likeness (QED) is 0.533. The highest BCUT2D eigenvalue weighted by Gasteiger charge is 2.18. The van der Waals surface area contributed by atoms with E-state index >= 15 is 0 Å². The minimum absolute atomic E-state index is 0.0817. The van der Waals surface area contributed by atoms with E-state index in [4.69, 9.17) is 13.9 Å². The van der Waals surface area contributed by atoms with Crippen LogP contribution in [0.25, 0.3) is 0 Å². The molecule has 3 aromatic rings. The molecule has 2 aromatic heterocycles. The molecular weight excluding hydrogens is 364 g/mol. The normalized spacial score (nSPS) is 12.2. The van der Waals surface area contributed by atoms with Crippen LogP contribution < -0.4 is 14.8 Å². The lowest BCUT2D eigenvalue weighted by atomic mass is 10.1. The molecule has 0 atom stereocenters. The highest BCUT2D eigenvalue weighted by molar-refractivity contribution is 7.17. The molecule has 11 heteroatoms. The van der Waals surface area contributed by atoms with E-state index in [0.717, 1.165) is 16.9 Å². The summed E-state index contributed by atoms with van der Waals surface area (Å²) in [5.41, 5.74) is 0.879. The molecule has 1 N–H and O–H groups in total. The highest BCUT2D eigenvalue weighted by atomic mass is 32.1. The lowest BCUT2D eigenvalue weighted by Gasteiger charge is -2.00. The van der Waals surface area contributed by atoms with Crippen molar-refractivity contribution in [2.75, 3.05) is 12.1 Å². The molecule has 1 aromatic carbocycles. The van der Waals surface area contributed by atoms with E-state index in [1.165, 1.54) is 12.1 Å². The predicted octanol–water partition coefficient (Wildman–Crippen LogP) is 2.61. The fourth-order valence-corrected chi connectivity index (χ4v) is 3.02. The number of carbonyl (C=O) groups excluding carboxylic acids is 1. The van der Waals surface area contributed by atoms with Gasteiger partial charge in [0.15, 0.2) is 11.5 Å². The first-order chi connectivity index (χ1) is 12.6. The summed E-state index contributed by atoms with van der Waals surface area (Å²) < 4.78 is 16.0. The maximum Gasteiger partial charge on any atom is 0.324 e. The first-order valence-corrected chi connectivity index (χ1v) is 8.16. The van der Waals surface area contributed by atoms with Crippen LogP contribution in [0, 0.1) is 10.1 Å². The van der Waals surface area contributed by atoms with Gasteiger partial charge in [-0.3, -0.25) is 20.2 Å². The van der Waals surface area contributed by atoms with E-state index in [9.17, 15) is 14.9 Å². The Bertz CT molecular complexity index is 998. The molecule has 3 heterocycles. The molecule has 0 fully saturated rings. The zero-order valence-electron chi connectivity index (χ0n) is 13.0. The number of nitrogens with one attached hydrogen (secondary N) is 1. The predicted molar refractivity (Wildman–Crippen MR) is 88.6 cm³/mol. The fraction of sp³-hybridized carbons (Fsp3) is 0.133. The number of nitrogens with zero attached hydrogens (tertiary/aromatic N) is 3. The summed E-state index contributed by atoms with van der Waals surface area (Å²) >= 11 is 0.762. The van der Waals surface area contributed by atoms with Gasteiger partial charge in [0.1, 0.15) is 0 Å². The number of hydrogen-bond acceptors (Lipinski definition) is 9. The van der Waals surface area contributed by atoms with Gasteiger partial charge >= 0.3 is 11.0 Å². The Morgan fingerprint density at radius 3 is 2.88 bits per heavy atom. The molecule has 0 radical (unpaired) electrons. The molecule has 1 aliphatic rings. The standard InChI is InChI=1S/C15H10N4O6S/c20-14(11-3-4-13(26-11)19(21)22)16-15-18-17-12(25-15)6-8-1-2-9-10(5-8)24-7-23-9/h1-5H,6-7H2,(H,16,18,20). The van der Waals surface area contributed by atoms with Crippen LogP contribution in [0.15, 0.2) is 34.7 Å². The summed E-state index contributed by atoms with van der Waals surface area (Å²) in [7, 11) is 0. The Kier molecular flexibility index (Phi) is 3.97. The number of thiophene rings is 1. The van der Waals surface area contributed by atoms with Crippen molar-refractivity contribution in [1.82, 2.24) is 10.2 Å². The van der Waals surface area contributed by atoms with Gasteiger partial charge < -0.3 is 13.9 Å². The zero-order chi connectivity index (χ0) is 18.1. The second-order valence-electron chi connectivity index (χ2n) is 5.21. The van der Waals surface area contributed by atoms with E-state index in [2.05, 4.69) is 15.5 Å². The van der Waals surface area contributed by atoms with Gasteiger partial charge in [0, 0.05) is 6.07 Å². The van der Waals surface area contributed by atoms with E-state index in [-0.39, 0.29) is 22.7 Å². The van der Waals surface area contributed by atoms with Crippen LogP contribution in [0.4, 0.5) is 11.0 Å². The lowest BCUT2D eigenvalue weighted by molar-refractivity contribution is -0.380. The Morgan fingerprint density at radius 2 is 2.08 bits per heavy atom. The number of nitro groups is 1. The van der Waals surface area contributed by atoms with Crippen LogP contribution in [-0.4, -0.2) is 27.8 Å². The number of benzene rings is 1. The van der Waals surface area contributed by atoms with E-state index in [1.807, 2.05) is 12.1 Å². The highest BCUT2D eigenvalue weighted by Crippen LogP contribution is 2.33. The Balaban J connectivity index is 1.42. The average Bonchev–Trinajstić information content (AvgIpc) is 3.35. The monoisotopic (exact) mass is 374 g/mol. The van der Waals surface area contributed by atoms with Crippen molar-refractivity contribution in [1.29, 1.82) is 0 Å². The number of amides is 1. The lowest BCUT2D eigenvalue weighted by Crippen LogP contribution is -2.10. The average molecular weight is 374 g/mol. The van der Waals surface area contributed by atoms with Crippen molar-refractivity contribution >= 4 is 28.3 Å². The van der Waals surface area contributed by atoms with E-state index in [1.54, 1.807) is 6.07 Å². The molecule has 0 saturated carbocycles. The fourth-order valence-electron chi connectivity index (χ4n) is 2.31. The largest absolute Gasteiger partial charge is 0.454 e. The minimum Gasteiger partial charge on any atom is -0.454 e. The van der Waals surface area contributed by atoms with Gasteiger partial charge in [-0.15, -0.1) is 5.10 Å². The Labute approximate surface area is 149 Å². The summed E-state index contributed by atoms with van der Waals surface area (Å²) in [6.07, 6.45) is 0.351. The van der Waals surface area contributed by atoms with Crippen molar-refractivity contribution in [3.05, 3.63) is 56.8 Å². The molecule has 1 amide bonds. The topological polar surface area (TPSA) is 130 Å². The molecule has 132 valence electrons. The molecule has 10 nitrogen and oxygen atoms in total. The van der Waals surface area contributed by atoms with Gasteiger partial charge in [-0.05, 0) is 23.8 Å². The number of hydrogen-bond donors (Lipinski definition) is 1. The number of fused-ring (bicyclic) bond motifs is 1. The number of aromatic nitrogens is 2. The van der Waals surface area contributed by atoms with Crippen molar-refractivity contribution in [2.24, 2.45) is 0 Å². The SMILES string of the molecule is O=C(Nc1nnc(Cc2ccc3c(c2)OCO3)o1)c1ccc([N+](=O)[O-])s1.